The highest BCUT2D eigenvalue weighted by Gasteiger charge is 2.24. The molecule has 3 nitrogen and oxygen atoms in total. The summed E-state index contributed by atoms with van der Waals surface area (Å²) in [4.78, 5) is 24.9. The Morgan fingerprint density at radius 3 is 2.36 bits per heavy atom. The van der Waals surface area contributed by atoms with Gasteiger partial charge in [-0.25, -0.2) is 0 Å². The van der Waals surface area contributed by atoms with Crippen LogP contribution < -0.4 is 10.9 Å². The molecule has 4 heterocycles. The fourth-order valence-corrected chi connectivity index (χ4v) is 6.28. The normalized spacial score (nSPS) is 13.7. The van der Waals surface area contributed by atoms with E-state index < -0.39 is 0 Å². The van der Waals surface area contributed by atoms with Crippen molar-refractivity contribution in [2.75, 3.05) is 0 Å². The molecule has 2 aromatic carbocycles. The molecule has 2 aromatic heterocycles. The van der Waals surface area contributed by atoms with Gasteiger partial charge in [0, 0.05) is 23.8 Å². The Bertz CT molecular complexity index is 1260. The third-order valence-corrected chi connectivity index (χ3v) is 8.69. The Kier molecular flexibility index (Phi) is 7.70. The van der Waals surface area contributed by atoms with Crippen LogP contribution in [0.5, 0.6) is 0 Å². The highest BCUT2D eigenvalue weighted by molar-refractivity contribution is 7.12. The van der Waals surface area contributed by atoms with Crippen LogP contribution in [-0.2, 0) is 30.5 Å². The average molecular weight is 510 g/mol. The van der Waals surface area contributed by atoms with Crippen LogP contribution in [0.4, 0.5) is 0 Å². The minimum Gasteiger partial charge on any atom is -0.427 e. The second-order valence-electron chi connectivity index (χ2n) is 9.65. The Morgan fingerprint density at radius 1 is 0.889 bits per heavy atom. The molecule has 2 aliphatic rings. The van der Waals surface area contributed by atoms with Gasteiger partial charge in [-0.2, -0.15) is 11.3 Å². The van der Waals surface area contributed by atoms with E-state index >= 15 is 0 Å². The van der Waals surface area contributed by atoms with Crippen molar-refractivity contribution in [1.82, 2.24) is 0 Å². The second-order valence-corrected chi connectivity index (χ2v) is 11.4. The van der Waals surface area contributed by atoms with Gasteiger partial charge in [0.1, 0.15) is 0 Å². The molecule has 0 radical (unpaired) electrons. The Balaban J connectivity index is 0.000000148. The van der Waals surface area contributed by atoms with Gasteiger partial charge in [0.25, 0.3) is 0 Å². The van der Waals surface area contributed by atoms with Crippen LogP contribution in [-0.4, -0.2) is 25.2 Å². The minimum atomic E-state index is 0.150. The van der Waals surface area contributed by atoms with E-state index in [-0.39, 0.29) is 18.5 Å². The molecule has 0 saturated heterocycles. The van der Waals surface area contributed by atoms with Crippen molar-refractivity contribution < 1.29 is 14.2 Å². The van der Waals surface area contributed by atoms with E-state index in [2.05, 4.69) is 44.0 Å². The Morgan fingerprint density at radius 2 is 1.64 bits per heavy atom. The molecule has 6 rings (SSSR count). The van der Waals surface area contributed by atoms with Crippen LogP contribution in [0.15, 0.2) is 70.7 Å². The van der Waals surface area contributed by atoms with E-state index in [0.717, 1.165) is 21.6 Å². The number of carbonyl (C=O) groups excluding carboxylic acids is 2. The first-order valence-electron chi connectivity index (χ1n) is 12.4. The fraction of sp³-hybridized carbons (Fsp3) is 0.241. The number of hydrogen-bond donors (Lipinski definition) is 0. The van der Waals surface area contributed by atoms with E-state index in [0.29, 0.717) is 26.2 Å². The highest BCUT2D eigenvalue weighted by Crippen LogP contribution is 2.18. The van der Waals surface area contributed by atoms with E-state index in [4.69, 9.17) is 4.65 Å². The number of benzene rings is 2. The summed E-state index contributed by atoms with van der Waals surface area (Å²) in [6.45, 7) is 5.82. The lowest BCUT2D eigenvalue weighted by molar-refractivity contribution is 0.0986. The van der Waals surface area contributed by atoms with Gasteiger partial charge in [-0.1, -0.05) is 73.5 Å². The third-order valence-electron chi connectivity index (χ3n) is 7.09. The standard InChI is InChI=1S/C15H15BOS.C14H13BO2S/c1-16-6-4-12-3-2-11(8-14(12)16)9-15(17)13-5-7-18-10-13;1-15-12-7-10(4-5-11(12)9-17-15)8-13(16)14-3-2-6-18-14/h2-3,5,7-8,10H,4,6,9H2,1H3;2-7H,8-9H2,1H3. The zero-order valence-electron chi connectivity index (χ0n) is 20.7. The first kappa shape index (κ1) is 24.9. The monoisotopic (exact) mass is 510 g/mol. The molecule has 0 unspecified atom stereocenters. The number of ketones is 2. The van der Waals surface area contributed by atoms with Crippen molar-refractivity contribution in [1.29, 1.82) is 0 Å². The van der Waals surface area contributed by atoms with Gasteiger partial charge >= 0.3 is 6.92 Å². The molecule has 7 heteroatoms. The van der Waals surface area contributed by atoms with Crippen molar-refractivity contribution in [2.45, 2.75) is 45.8 Å². The molecular weight excluding hydrogens is 482 g/mol. The lowest BCUT2D eigenvalue weighted by Gasteiger charge is -2.06. The van der Waals surface area contributed by atoms with E-state index in [1.807, 2.05) is 40.4 Å². The largest absolute Gasteiger partial charge is 0.427 e. The van der Waals surface area contributed by atoms with Gasteiger partial charge in [0.05, 0.1) is 11.5 Å². The molecule has 0 aliphatic carbocycles. The Hall–Kier alpha value is -2.73. The van der Waals surface area contributed by atoms with Crippen LogP contribution in [0.2, 0.25) is 20.0 Å². The maximum absolute atomic E-state index is 12.1. The SMILES string of the molecule is CB1CCc2ccc(CC(=O)c3ccsc3)cc21.CB1OCc2ccc(CC(=O)c3cccs3)cc21. The third kappa shape index (κ3) is 5.64. The van der Waals surface area contributed by atoms with Gasteiger partial charge in [0.15, 0.2) is 18.3 Å². The second kappa shape index (κ2) is 11.1. The fourth-order valence-electron chi connectivity index (χ4n) is 4.96. The molecule has 0 amide bonds. The maximum Gasteiger partial charge on any atom is 0.324 e. The number of Topliss-reactive ketones (excluding diaryl/α,β-unsaturated/α-hetero) is 2. The summed E-state index contributed by atoms with van der Waals surface area (Å²) in [6.07, 6.45) is 3.43. The van der Waals surface area contributed by atoms with Gasteiger partial charge < -0.3 is 4.65 Å². The lowest BCUT2D eigenvalue weighted by atomic mass is 9.48. The summed E-state index contributed by atoms with van der Waals surface area (Å²) in [5.74, 6) is 0.415. The zero-order valence-corrected chi connectivity index (χ0v) is 22.3. The van der Waals surface area contributed by atoms with Crippen LogP contribution in [0.1, 0.15) is 42.3 Å². The quantitative estimate of drug-likeness (QED) is 0.251. The van der Waals surface area contributed by atoms with Crippen LogP contribution >= 0.6 is 22.7 Å². The number of aryl methyl sites for hydroxylation is 1. The number of carbonyl (C=O) groups is 2. The number of thiophene rings is 2. The van der Waals surface area contributed by atoms with Crippen molar-refractivity contribution in [3.63, 3.8) is 0 Å². The smallest absolute Gasteiger partial charge is 0.324 e. The topological polar surface area (TPSA) is 43.4 Å². The molecule has 0 atom stereocenters. The maximum atomic E-state index is 12.1. The van der Waals surface area contributed by atoms with Gasteiger partial charge in [-0.3, -0.25) is 9.59 Å². The van der Waals surface area contributed by atoms with Crippen LogP contribution in [0, 0.1) is 0 Å². The van der Waals surface area contributed by atoms with E-state index in [1.54, 1.807) is 11.3 Å². The van der Waals surface area contributed by atoms with E-state index in [9.17, 15) is 9.59 Å². The summed E-state index contributed by atoms with van der Waals surface area (Å²) < 4.78 is 5.57. The van der Waals surface area contributed by atoms with Gasteiger partial charge in [-0.15, -0.1) is 11.3 Å². The summed E-state index contributed by atoms with van der Waals surface area (Å²) in [5.41, 5.74) is 8.46. The lowest BCUT2D eigenvalue weighted by Crippen LogP contribution is -2.24. The molecule has 0 spiro atoms. The number of fused-ring (bicyclic) bond motifs is 2. The predicted octanol–water partition coefficient (Wildman–Crippen LogP) is 5.59. The van der Waals surface area contributed by atoms with E-state index in [1.165, 1.54) is 46.1 Å². The summed E-state index contributed by atoms with van der Waals surface area (Å²) in [7, 11) is 0. The highest BCUT2D eigenvalue weighted by atomic mass is 32.1. The summed E-state index contributed by atoms with van der Waals surface area (Å²) in [6, 6.07) is 18.5. The van der Waals surface area contributed by atoms with Gasteiger partial charge in [-0.05, 0) is 51.5 Å². The van der Waals surface area contributed by atoms with Crippen LogP contribution in [0.3, 0.4) is 0 Å². The zero-order chi connectivity index (χ0) is 25.1. The molecule has 36 heavy (non-hydrogen) atoms. The molecule has 0 bridgehead atoms. The predicted molar refractivity (Wildman–Crippen MR) is 153 cm³/mol. The first-order valence-corrected chi connectivity index (χ1v) is 14.3. The molecule has 0 fully saturated rings. The molecule has 0 saturated carbocycles. The van der Waals surface area contributed by atoms with Crippen molar-refractivity contribution >= 4 is 58.8 Å². The Labute approximate surface area is 221 Å². The molecule has 2 aliphatic heterocycles. The van der Waals surface area contributed by atoms with Crippen molar-refractivity contribution in [2.24, 2.45) is 0 Å². The van der Waals surface area contributed by atoms with Crippen molar-refractivity contribution in [3.05, 3.63) is 103 Å². The van der Waals surface area contributed by atoms with Crippen LogP contribution in [0.25, 0.3) is 0 Å². The number of hydrogen-bond acceptors (Lipinski definition) is 5. The summed E-state index contributed by atoms with van der Waals surface area (Å²) in [5, 5.41) is 5.82. The van der Waals surface area contributed by atoms with Gasteiger partial charge in [0.2, 0.25) is 0 Å². The molecule has 4 aromatic rings. The minimum absolute atomic E-state index is 0.150. The molecular formula is C29H28B2O3S2. The molecule has 0 N–H and O–H groups in total. The average Bonchev–Trinajstić information content (AvgIpc) is 3.69. The number of rotatable bonds is 6. The van der Waals surface area contributed by atoms with Crippen molar-refractivity contribution in [3.8, 4) is 0 Å². The first-order chi connectivity index (χ1) is 17.5. The summed E-state index contributed by atoms with van der Waals surface area (Å²) >= 11 is 3.08. The molecule has 180 valence electrons.